The van der Waals surface area contributed by atoms with Crippen molar-refractivity contribution < 1.29 is 14.4 Å². The van der Waals surface area contributed by atoms with Crippen molar-refractivity contribution in [2.45, 2.75) is 18.8 Å². The minimum Gasteiger partial charge on any atom is -0.325 e. The molecule has 0 unspecified atom stereocenters. The molecule has 0 bridgehead atoms. The summed E-state index contributed by atoms with van der Waals surface area (Å²) in [5.74, 6) is 0.0873. The predicted molar refractivity (Wildman–Crippen MR) is 123 cm³/mol. The van der Waals surface area contributed by atoms with Crippen molar-refractivity contribution in [3.63, 3.8) is 0 Å². The first-order chi connectivity index (χ1) is 15.6. The Morgan fingerprint density at radius 1 is 0.781 bits per heavy atom. The molecule has 1 N–H and O–H groups in total. The highest BCUT2D eigenvalue weighted by Gasteiger charge is 2.29. The molecule has 3 aromatic rings. The quantitative estimate of drug-likeness (QED) is 0.531. The van der Waals surface area contributed by atoms with E-state index in [1.54, 1.807) is 42.5 Å². The Bertz CT molecular complexity index is 1190. The summed E-state index contributed by atoms with van der Waals surface area (Å²) in [7, 11) is 0. The molecule has 0 atom stereocenters. The summed E-state index contributed by atoms with van der Waals surface area (Å²) >= 11 is 0. The average molecular weight is 425 g/mol. The summed E-state index contributed by atoms with van der Waals surface area (Å²) in [6.07, 6.45) is 2.07. The van der Waals surface area contributed by atoms with Crippen LogP contribution in [-0.4, -0.2) is 42.0 Å². The van der Waals surface area contributed by atoms with Crippen LogP contribution < -0.4 is 5.32 Å². The molecule has 5 rings (SSSR count). The van der Waals surface area contributed by atoms with Gasteiger partial charge in [-0.2, -0.15) is 0 Å². The van der Waals surface area contributed by atoms with E-state index in [4.69, 9.17) is 0 Å². The molecule has 160 valence electrons. The van der Waals surface area contributed by atoms with Gasteiger partial charge in [-0.1, -0.05) is 54.6 Å². The third-order valence-electron chi connectivity index (χ3n) is 6.43. The highest BCUT2D eigenvalue weighted by atomic mass is 16.2. The zero-order valence-electron chi connectivity index (χ0n) is 17.7. The molecular weight excluding hydrogens is 400 g/mol. The fourth-order valence-electron chi connectivity index (χ4n) is 4.73. The molecule has 1 heterocycles. The molecule has 5 nitrogen and oxygen atoms in total. The van der Waals surface area contributed by atoms with Gasteiger partial charge in [-0.05, 0) is 55.6 Å². The second kappa shape index (κ2) is 8.52. The number of rotatable bonds is 4. The smallest absolute Gasteiger partial charge is 0.238 e. The van der Waals surface area contributed by atoms with Crippen LogP contribution in [0.2, 0.25) is 0 Å². The first kappa shape index (κ1) is 20.3. The third kappa shape index (κ3) is 3.87. The van der Waals surface area contributed by atoms with Gasteiger partial charge in [0.25, 0.3) is 0 Å². The molecule has 1 aliphatic heterocycles. The molecule has 32 heavy (non-hydrogen) atoms. The minimum atomic E-state index is -0.186. The number of ketones is 2. The molecule has 0 aromatic heterocycles. The molecule has 3 aromatic carbocycles. The van der Waals surface area contributed by atoms with Crippen molar-refractivity contribution in [3.05, 3.63) is 101 Å². The van der Waals surface area contributed by atoms with Gasteiger partial charge >= 0.3 is 0 Å². The van der Waals surface area contributed by atoms with Crippen LogP contribution in [0.15, 0.2) is 72.8 Å². The number of nitrogens with zero attached hydrogens (tertiary/aromatic N) is 1. The summed E-state index contributed by atoms with van der Waals surface area (Å²) in [5, 5.41) is 2.90. The van der Waals surface area contributed by atoms with Crippen molar-refractivity contribution in [1.82, 2.24) is 4.90 Å². The molecule has 2 aliphatic rings. The lowest BCUT2D eigenvalue weighted by molar-refractivity contribution is -0.117. The number of carbonyl (C=O) groups is 3. The molecule has 0 radical (unpaired) electrons. The summed E-state index contributed by atoms with van der Waals surface area (Å²) in [6, 6.07) is 22.3. The van der Waals surface area contributed by atoms with Gasteiger partial charge in [-0.3, -0.25) is 19.3 Å². The molecule has 1 amide bonds. The largest absolute Gasteiger partial charge is 0.325 e. The van der Waals surface area contributed by atoms with Crippen LogP contribution in [0.25, 0.3) is 0 Å². The first-order valence-corrected chi connectivity index (χ1v) is 11.0. The number of anilines is 1. The van der Waals surface area contributed by atoms with Gasteiger partial charge in [0.2, 0.25) is 5.91 Å². The fraction of sp³-hybridized carbons (Fsp3) is 0.222. The summed E-state index contributed by atoms with van der Waals surface area (Å²) in [6.45, 7) is 2.07. The number of amides is 1. The zero-order chi connectivity index (χ0) is 22.1. The second-order valence-corrected chi connectivity index (χ2v) is 8.47. The SMILES string of the molecule is O=C(CN1CCC(c2ccccc2)CC1)Nc1ccc2c(c1)C(=O)c1ccccc1C2=O. The predicted octanol–water partition coefficient (Wildman–Crippen LogP) is 4.28. The van der Waals surface area contributed by atoms with Crippen LogP contribution >= 0.6 is 0 Å². The number of hydrogen-bond acceptors (Lipinski definition) is 4. The fourth-order valence-corrected chi connectivity index (χ4v) is 4.73. The van der Waals surface area contributed by atoms with Gasteiger partial charge in [0, 0.05) is 27.9 Å². The standard InChI is InChI=1S/C27H24N2O3/c30-25(17-29-14-12-19(13-15-29)18-6-2-1-3-7-18)28-20-10-11-23-24(16-20)27(32)22-9-5-4-8-21(22)26(23)31/h1-11,16,19H,12-15,17H2,(H,28,30). The van der Waals surface area contributed by atoms with E-state index in [1.165, 1.54) is 5.56 Å². The van der Waals surface area contributed by atoms with Gasteiger partial charge in [-0.25, -0.2) is 0 Å². The van der Waals surface area contributed by atoms with Crippen LogP contribution in [0.1, 0.15) is 56.2 Å². The Hall–Kier alpha value is -3.57. The number of fused-ring (bicyclic) bond motifs is 2. The summed E-state index contributed by atoms with van der Waals surface area (Å²) in [5.41, 5.74) is 3.47. The Morgan fingerprint density at radius 3 is 2.06 bits per heavy atom. The van der Waals surface area contributed by atoms with Crippen LogP contribution in [0, 0.1) is 0 Å². The average Bonchev–Trinajstić information content (AvgIpc) is 2.83. The number of benzene rings is 3. The maximum Gasteiger partial charge on any atom is 0.238 e. The van der Waals surface area contributed by atoms with Crippen molar-refractivity contribution >= 4 is 23.2 Å². The Morgan fingerprint density at radius 2 is 1.38 bits per heavy atom. The van der Waals surface area contributed by atoms with E-state index in [2.05, 4.69) is 34.5 Å². The van der Waals surface area contributed by atoms with Crippen molar-refractivity contribution in [1.29, 1.82) is 0 Å². The number of carbonyl (C=O) groups excluding carboxylic acids is 3. The van der Waals surface area contributed by atoms with Gasteiger partial charge in [0.1, 0.15) is 0 Å². The number of hydrogen-bond donors (Lipinski definition) is 1. The Labute approximate surface area is 187 Å². The van der Waals surface area contributed by atoms with E-state index in [9.17, 15) is 14.4 Å². The van der Waals surface area contributed by atoms with Gasteiger partial charge in [0.05, 0.1) is 6.54 Å². The highest BCUT2D eigenvalue weighted by molar-refractivity contribution is 6.28. The summed E-state index contributed by atoms with van der Waals surface area (Å²) in [4.78, 5) is 40.4. The third-order valence-corrected chi connectivity index (χ3v) is 6.43. The van der Waals surface area contributed by atoms with E-state index in [0.717, 1.165) is 25.9 Å². The molecular formula is C27H24N2O3. The molecule has 0 spiro atoms. The topological polar surface area (TPSA) is 66.5 Å². The molecule has 0 saturated carbocycles. The van der Waals surface area contributed by atoms with Crippen LogP contribution in [-0.2, 0) is 4.79 Å². The highest BCUT2D eigenvalue weighted by Crippen LogP contribution is 2.30. The maximum atomic E-state index is 12.9. The molecule has 1 saturated heterocycles. The van der Waals surface area contributed by atoms with Crippen molar-refractivity contribution in [3.8, 4) is 0 Å². The molecule has 1 fully saturated rings. The van der Waals surface area contributed by atoms with Crippen LogP contribution in [0.5, 0.6) is 0 Å². The number of piperidine rings is 1. The van der Waals surface area contributed by atoms with E-state index in [1.807, 2.05) is 6.07 Å². The molecule has 5 heteroatoms. The lowest BCUT2D eigenvalue weighted by atomic mass is 9.84. The van der Waals surface area contributed by atoms with Crippen molar-refractivity contribution in [2.75, 3.05) is 25.0 Å². The number of nitrogens with one attached hydrogen (secondary N) is 1. The van der Waals surface area contributed by atoms with Crippen molar-refractivity contribution in [2.24, 2.45) is 0 Å². The second-order valence-electron chi connectivity index (χ2n) is 8.47. The Kier molecular flexibility index (Phi) is 5.41. The lowest BCUT2D eigenvalue weighted by Gasteiger charge is -2.31. The Balaban J connectivity index is 1.22. The monoisotopic (exact) mass is 424 g/mol. The van der Waals surface area contributed by atoms with Crippen LogP contribution in [0.4, 0.5) is 5.69 Å². The van der Waals surface area contributed by atoms with E-state index in [-0.39, 0.29) is 17.5 Å². The van der Waals surface area contributed by atoms with Crippen LogP contribution in [0.3, 0.4) is 0 Å². The normalized spacial score (nSPS) is 16.4. The maximum absolute atomic E-state index is 12.9. The van der Waals surface area contributed by atoms with E-state index >= 15 is 0 Å². The number of likely N-dealkylation sites (tertiary alicyclic amines) is 1. The van der Waals surface area contributed by atoms with Gasteiger partial charge in [0.15, 0.2) is 11.6 Å². The van der Waals surface area contributed by atoms with E-state index < -0.39 is 0 Å². The lowest BCUT2D eigenvalue weighted by Crippen LogP contribution is -2.38. The molecule has 1 aliphatic carbocycles. The summed E-state index contributed by atoms with van der Waals surface area (Å²) < 4.78 is 0. The van der Waals surface area contributed by atoms with Gasteiger partial charge in [-0.15, -0.1) is 0 Å². The minimum absolute atomic E-state index is 0.113. The van der Waals surface area contributed by atoms with Gasteiger partial charge < -0.3 is 5.32 Å². The van der Waals surface area contributed by atoms with E-state index in [0.29, 0.717) is 40.4 Å². The first-order valence-electron chi connectivity index (χ1n) is 11.0. The zero-order valence-corrected chi connectivity index (χ0v) is 17.7.